The number of nitrogens with two attached hydrogens (primary N) is 1. The molecular weight excluding hydrogens is 641 g/mol. The number of phosphoric ester groups is 1. The van der Waals surface area contributed by atoms with E-state index in [2.05, 4.69) is 56.4 Å². The van der Waals surface area contributed by atoms with Crippen LogP contribution in [0.5, 0.6) is 0 Å². The zero-order valence-electron chi connectivity index (χ0n) is 30.7. The molecule has 0 aliphatic carbocycles. The molecule has 0 amide bonds. The number of carbonyl (C=O) groups is 2. The molecule has 0 aromatic heterocycles. The topological polar surface area (TPSA) is 134 Å². The zero-order chi connectivity index (χ0) is 36.1. The summed E-state index contributed by atoms with van der Waals surface area (Å²) in [4.78, 5) is 34.6. The molecule has 0 aromatic rings. The molecule has 282 valence electrons. The van der Waals surface area contributed by atoms with Crippen LogP contribution in [0.1, 0.15) is 142 Å². The lowest BCUT2D eigenvalue weighted by Gasteiger charge is -2.19. The molecule has 0 bridgehead atoms. The lowest BCUT2D eigenvalue weighted by Crippen LogP contribution is -2.29. The van der Waals surface area contributed by atoms with Gasteiger partial charge >= 0.3 is 19.8 Å². The van der Waals surface area contributed by atoms with Gasteiger partial charge in [0.2, 0.25) is 0 Å². The summed E-state index contributed by atoms with van der Waals surface area (Å²) in [5.74, 6) is -0.980. The summed E-state index contributed by atoms with van der Waals surface area (Å²) >= 11 is 0. The lowest BCUT2D eigenvalue weighted by atomic mass is 10.0. The third-order valence-electron chi connectivity index (χ3n) is 7.45. The van der Waals surface area contributed by atoms with Gasteiger partial charge < -0.3 is 20.1 Å². The molecule has 10 heteroatoms. The number of rotatable bonds is 34. The Balaban J connectivity index is 4.39. The van der Waals surface area contributed by atoms with Gasteiger partial charge in [-0.1, -0.05) is 152 Å². The normalized spacial score (nSPS) is 14.1. The molecule has 9 nitrogen and oxygen atoms in total. The first kappa shape index (κ1) is 46.7. The maximum atomic E-state index is 12.5. The van der Waals surface area contributed by atoms with Gasteiger partial charge in [-0.05, 0) is 38.5 Å². The van der Waals surface area contributed by atoms with Gasteiger partial charge in [0.25, 0.3) is 0 Å². The highest BCUT2D eigenvalue weighted by Gasteiger charge is 2.25. The Hall–Kier alpha value is -2.29. The van der Waals surface area contributed by atoms with Gasteiger partial charge in [-0.25, -0.2) is 4.57 Å². The molecule has 0 saturated carbocycles. The monoisotopic (exact) mass is 709 g/mol. The maximum Gasteiger partial charge on any atom is 0.472 e. The fraction of sp³-hybridized carbons (Fsp3) is 0.692. The highest BCUT2D eigenvalue weighted by molar-refractivity contribution is 7.47. The van der Waals surface area contributed by atoms with Crippen molar-refractivity contribution in [2.45, 2.75) is 148 Å². The summed E-state index contributed by atoms with van der Waals surface area (Å²) in [6.07, 6.45) is 40.0. The van der Waals surface area contributed by atoms with E-state index in [0.29, 0.717) is 6.42 Å². The predicted octanol–water partition coefficient (Wildman–Crippen LogP) is 10.2. The van der Waals surface area contributed by atoms with Gasteiger partial charge in [0, 0.05) is 13.0 Å². The van der Waals surface area contributed by atoms with Crippen molar-refractivity contribution in [1.82, 2.24) is 0 Å². The highest BCUT2D eigenvalue weighted by atomic mass is 31.2. The fourth-order valence-electron chi connectivity index (χ4n) is 4.71. The Morgan fingerprint density at radius 1 is 0.633 bits per heavy atom. The SMILES string of the molecule is CC/C=C\C/C=C\C/C=C\C/C=C\C/C=C\CC(=O)OC(COC(=O)CCCCCCCCCCCCCCC)COP(=O)(O)OCCN. The second kappa shape index (κ2) is 35.5. The van der Waals surface area contributed by atoms with Crippen molar-refractivity contribution < 1.29 is 37.6 Å². The van der Waals surface area contributed by atoms with Gasteiger partial charge in [-0.3, -0.25) is 18.6 Å². The zero-order valence-corrected chi connectivity index (χ0v) is 31.5. The Morgan fingerprint density at radius 3 is 1.59 bits per heavy atom. The molecule has 0 radical (unpaired) electrons. The summed E-state index contributed by atoms with van der Waals surface area (Å²) < 4.78 is 32.5. The van der Waals surface area contributed by atoms with Crippen LogP contribution in [0.4, 0.5) is 0 Å². The molecule has 0 aliphatic rings. The second-order valence-electron chi connectivity index (χ2n) is 12.1. The van der Waals surface area contributed by atoms with Crippen LogP contribution >= 0.6 is 7.82 Å². The first-order chi connectivity index (χ1) is 23.8. The predicted molar refractivity (Wildman–Crippen MR) is 201 cm³/mol. The van der Waals surface area contributed by atoms with Crippen molar-refractivity contribution in [3.8, 4) is 0 Å². The van der Waals surface area contributed by atoms with Gasteiger partial charge in [0.1, 0.15) is 6.61 Å². The standard InChI is InChI=1S/C39H68NO8P/c1-3-5-7-9-11-13-15-17-18-20-22-24-26-28-30-32-39(42)48-37(36-47-49(43,44)46-34-33-40)35-45-38(41)31-29-27-25-23-21-19-16-14-12-10-8-6-4-2/h5,7,11,13,17-18,22,24,28,30,37H,3-4,6,8-10,12,14-16,19-21,23,25-27,29,31-36,40H2,1-2H3,(H,43,44)/b7-5-,13-11-,18-17-,24-22-,30-28-. The summed E-state index contributed by atoms with van der Waals surface area (Å²) in [5.41, 5.74) is 5.32. The molecule has 2 unspecified atom stereocenters. The van der Waals surface area contributed by atoms with Crippen molar-refractivity contribution >= 4 is 19.8 Å². The molecule has 0 heterocycles. The average molecular weight is 710 g/mol. The number of ether oxygens (including phenoxy) is 2. The molecule has 0 aromatic carbocycles. The van der Waals surface area contributed by atoms with Crippen molar-refractivity contribution in [1.29, 1.82) is 0 Å². The van der Waals surface area contributed by atoms with Crippen LogP contribution in [-0.2, 0) is 32.7 Å². The smallest absolute Gasteiger partial charge is 0.462 e. The van der Waals surface area contributed by atoms with E-state index in [0.717, 1.165) is 44.9 Å². The van der Waals surface area contributed by atoms with Crippen LogP contribution in [0.25, 0.3) is 0 Å². The number of hydrogen-bond acceptors (Lipinski definition) is 8. The van der Waals surface area contributed by atoms with E-state index >= 15 is 0 Å². The first-order valence-electron chi connectivity index (χ1n) is 18.8. The van der Waals surface area contributed by atoms with Crippen molar-refractivity contribution in [2.24, 2.45) is 5.73 Å². The summed E-state index contributed by atoms with van der Waals surface area (Å²) in [7, 11) is -4.40. The molecule has 0 rings (SSSR count). The Kier molecular flexibility index (Phi) is 33.9. The molecule has 49 heavy (non-hydrogen) atoms. The summed E-state index contributed by atoms with van der Waals surface area (Å²) in [6.45, 7) is 3.48. The molecular formula is C39H68NO8P. The van der Waals surface area contributed by atoms with E-state index in [-0.39, 0.29) is 32.6 Å². The van der Waals surface area contributed by atoms with Crippen LogP contribution in [0.3, 0.4) is 0 Å². The van der Waals surface area contributed by atoms with Crippen LogP contribution in [-0.4, -0.2) is 49.3 Å². The Bertz CT molecular complexity index is 992. The average Bonchev–Trinajstić information content (AvgIpc) is 3.08. The number of phosphoric acid groups is 1. The molecule has 0 fully saturated rings. The number of unbranched alkanes of at least 4 members (excludes halogenated alkanes) is 12. The van der Waals surface area contributed by atoms with Gasteiger partial charge in [0.05, 0.1) is 19.6 Å². The Labute approximate surface area is 298 Å². The minimum absolute atomic E-state index is 0.00259. The maximum absolute atomic E-state index is 12.5. The van der Waals surface area contributed by atoms with E-state index in [1.165, 1.54) is 64.2 Å². The van der Waals surface area contributed by atoms with E-state index < -0.39 is 32.5 Å². The quantitative estimate of drug-likeness (QED) is 0.0290. The summed E-state index contributed by atoms with van der Waals surface area (Å²) in [5, 5.41) is 0. The first-order valence-corrected chi connectivity index (χ1v) is 20.3. The lowest BCUT2D eigenvalue weighted by molar-refractivity contribution is -0.160. The van der Waals surface area contributed by atoms with Crippen molar-refractivity contribution in [2.75, 3.05) is 26.4 Å². The molecule has 0 spiro atoms. The van der Waals surface area contributed by atoms with E-state index in [1.807, 2.05) is 12.2 Å². The number of allylic oxidation sites excluding steroid dienone is 9. The third kappa shape index (κ3) is 35.3. The third-order valence-corrected chi connectivity index (χ3v) is 8.44. The Morgan fingerprint density at radius 2 is 1.10 bits per heavy atom. The molecule has 0 aliphatic heterocycles. The van der Waals surface area contributed by atoms with Gasteiger partial charge in [-0.2, -0.15) is 0 Å². The molecule has 3 N–H and O–H groups in total. The minimum atomic E-state index is -4.40. The number of carbonyl (C=O) groups excluding carboxylic acids is 2. The van der Waals surface area contributed by atoms with Crippen LogP contribution in [0.15, 0.2) is 60.8 Å². The summed E-state index contributed by atoms with van der Waals surface area (Å²) in [6, 6.07) is 0. The number of hydrogen-bond donors (Lipinski definition) is 2. The molecule has 2 atom stereocenters. The van der Waals surface area contributed by atoms with Crippen LogP contribution in [0.2, 0.25) is 0 Å². The minimum Gasteiger partial charge on any atom is -0.462 e. The van der Waals surface area contributed by atoms with Gasteiger partial charge in [-0.15, -0.1) is 0 Å². The van der Waals surface area contributed by atoms with Crippen molar-refractivity contribution in [3.05, 3.63) is 60.8 Å². The number of esters is 2. The second-order valence-corrected chi connectivity index (χ2v) is 13.5. The van der Waals surface area contributed by atoms with E-state index in [4.69, 9.17) is 24.3 Å². The van der Waals surface area contributed by atoms with Gasteiger partial charge in [0.15, 0.2) is 6.10 Å². The van der Waals surface area contributed by atoms with Crippen molar-refractivity contribution in [3.63, 3.8) is 0 Å². The largest absolute Gasteiger partial charge is 0.472 e. The molecule has 0 saturated heterocycles. The van der Waals surface area contributed by atoms with E-state index in [9.17, 15) is 19.0 Å². The van der Waals surface area contributed by atoms with Crippen LogP contribution in [0, 0.1) is 0 Å². The fourth-order valence-corrected chi connectivity index (χ4v) is 5.47. The highest BCUT2D eigenvalue weighted by Crippen LogP contribution is 2.43. The van der Waals surface area contributed by atoms with Crippen LogP contribution < -0.4 is 5.73 Å². The van der Waals surface area contributed by atoms with E-state index in [1.54, 1.807) is 6.08 Å².